The van der Waals surface area contributed by atoms with Gasteiger partial charge in [-0.15, -0.1) is 0 Å². The summed E-state index contributed by atoms with van der Waals surface area (Å²) in [7, 11) is 0. The van der Waals surface area contributed by atoms with Gasteiger partial charge in [0.2, 0.25) is 0 Å². The van der Waals surface area contributed by atoms with Gasteiger partial charge in [-0.2, -0.15) is 0 Å². The quantitative estimate of drug-likeness (QED) is 0.690. The lowest BCUT2D eigenvalue weighted by Gasteiger charge is -2.14. The minimum Gasteiger partial charge on any atom is -0.342 e. The normalized spacial score (nSPS) is 39.8. The van der Waals surface area contributed by atoms with Crippen molar-refractivity contribution in [1.29, 1.82) is 0 Å². The molecule has 17 heavy (non-hydrogen) atoms. The summed E-state index contributed by atoms with van der Waals surface area (Å²) >= 11 is 0. The number of ether oxygens (including phenoxy) is 2. The highest BCUT2D eigenvalue weighted by atomic mass is 19.1. The Balaban J connectivity index is 2.00. The second-order valence-electron chi connectivity index (χ2n) is 4.36. The first-order valence-corrected chi connectivity index (χ1v) is 5.31. The number of nitrogens with zero attached hydrogens (tertiary/aromatic N) is 1. The number of nitrogens with one attached hydrogen (secondary N) is 1. The Labute approximate surface area is 95.0 Å². The molecule has 1 N–H and O–H groups in total. The minimum absolute atomic E-state index is 0.336. The average molecular weight is 242 g/mol. The maximum atomic E-state index is 14.0. The number of hydrogen-bond acceptors (Lipinski definition) is 4. The van der Waals surface area contributed by atoms with E-state index in [1.807, 2.05) is 0 Å². The third kappa shape index (κ3) is 1.46. The Morgan fingerprint density at radius 1 is 1.59 bits per heavy atom. The van der Waals surface area contributed by atoms with Gasteiger partial charge in [0, 0.05) is 18.2 Å². The summed E-state index contributed by atoms with van der Waals surface area (Å²) in [5.41, 5.74) is -1.21. The van der Waals surface area contributed by atoms with Crippen LogP contribution in [0, 0.1) is 5.92 Å². The van der Waals surface area contributed by atoms with Crippen LogP contribution >= 0.6 is 0 Å². The molecule has 2 fully saturated rings. The summed E-state index contributed by atoms with van der Waals surface area (Å²) in [5, 5.41) is 0. The lowest BCUT2D eigenvalue weighted by molar-refractivity contribution is -0.0855. The summed E-state index contributed by atoms with van der Waals surface area (Å²) in [6.07, 6.45) is -1.16. The molecule has 2 aliphatic rings. The van der Waals surface area contributed by atoms with Crippen LogP contribution in [-0.4, -0.2) is 28.1 Å². The molecule has 2 saturated heterocycles. The fraction of sp³-hybridized carbons (Fsp3) is 0.600. The van der Waals surface area contributed by atoms with Crippen LogP contribution in [0.5, 0.6) is 0 Å². The van der Waals surface area contributed by atoms with Crippen molar-refractivity contribution in [2.75, 3.05) is 6.61 Å². The zero-order valence-corrected chi connectivity index (χ0v) is 9.05. The molecule has 1 aromatic rings. The highest BCUT2D eigenvalue weighted by Gasteiger charge is 2.63. The van der Waals surface area contributed by atoms with Crippen molar-refractivity contribution in [2.45, 2.75) is 25.1 Å². The third-order valence-corrected chi connectivity index (χ3v) is 3.32. The van der Waals surface area contributed by atoms with Gasteiger partial charge in [-0.1, -0.05) is 6.92 Å². The van der Waals surface area contributed by atoms with E-state index in [0.717, 1.165) is 10.6 Å². The lowest BCUT2D eigenvalue weighted by Crippen LogP contribution is -2.34. The number of hydrogen-bond donors (Lipinski definition) is 1. The summed E-state index contributed by atoms with van der Waals surface area (Å²) in [6.45, 7) is 2.01. The first-order valence-electron chi connectivity index (χ1n) is 5.31. The number of halogens is 1. The molecule has 0 amide bonds. The average Bonchev–Trinajstić information content (AvgIpc) is 3.01. The highest BCUT2D eigenvalue weighted by Crippen LogP contribution is 2.50. The van der Waals surface area contributed by atoms with Crippen molar-refractivity contribution in [3.8, 4) is 0 Å². The molecule has 4 atom stereocenters. The van der Waals surface area contributed by atoms with Gasteiger partial charge in [-0.25, -0.2) is 9.18 Å². The molecule has 0 aromatic carbocycles. The predicted molar refractivity (Wildman–Crippen MR) is 54.2 cm³/mol. The molecule has 3 heterocycles. The van der Waals surface area contributed by atoms with E-state index in [-0.39, 0.29) is 0 Å². The Morgan fingerprint density at radius 2 is 2.29 bits per heavy atom. The van der Waals surface area contributed by atoms with Crippen molar-refractivity contribution < 1.29 is 13.9 Å². The first kappa shape index (κ1) is 10.7. The Bertz CT molecular complexity index is 562. The first-order chi connectivity index (χ1) is 8.03. The van der Waals surface area contributed by atoms with Crippen LogP contribution in [0.15, 0.2) is 21.9 Å². The molecule has 1 spiro atoms. The second kappa shape index (κ2) is 3.27. The molecular weight excluding hydrogens is 231 g/mol. The molecule has 7 heteroatoms. The zero-order chi connectivity index (χ0) is 12.2. The molecule has 92 valence electrons. The van der Waals surface area contributed by atoms with E-state index in [2.05, 4.69) is 4.98 Å². The molecular formula is C10H11FN2O4. The van der Waals surface area contributed by atoms with Crippen LogP contribution < -0.4 is 11.2 Å². The van der Waals surface area contributed by atoms with Gasteiger partial charge in [0.1, 0.15) is 6.61 Å². The molecule has 2 aliphatic heterocycles. The van der Waals surface area contributed by atoms with Gasteiger partial charge in [0.15, 0.2) is 18.2 Å². The number of rotatable bonds is 1. The maximum absolute atomic E-state index is 14.0. The molecule has 1 aromatic heterocycles. The fourth-order valence-electron chi connectivity index (χ4n) is 2.11. The van der Waals surface area contributed by atoms with Crippen LogP contribution in [0.2, 0.25) is 0 Å². The van der Waals surface area contributed by atoms with E-state index in [0.29, 0.717) is 6.61 Å². The van der Waals surface area contributed by atoms with Crippen LogP contribution in [0.1, 0.15) is 13.2 Å². The van der Waals surface area contributed by atoms with E-state index in [1.165, 1.54) is 6.20 Å². The van der Waals surface area contributed by atoms with Gasteiger partial charge in [-0.3, -0.25) is 14.3 Å². The van der Waals surface area contributed by atoms with Crippen molar-refractivity contribution in [2.24, 2.45) is 5.92 Å². The number of aromatic amines is 1. The predicted octanol–water partition coefficient (Wildman–Crippen LogP) is -0.234. The van der Waals surface area contributed by atoms with E-state index in [9.17, 15) is 14.0 Å². The number of aromatic nitrogens is 2. The molecule has 0 aliphatic carbocycles. The van der Waals surface area contributed by atoms with Crippen molar-refractivity contribution in [1.82, 2.24) is 9.55 Å². The Morgan fingerprint density at radius 3 is 2.82 bits per heavy atom. The summed E-state index contributed by atoms with van der Waals surface area (Å²) in [5.74, 6) is -1.33. The molecule has 6 nitrogen and oxygen atoms in total. The summed E-state index contributed by atoms with van der Waals surface area (Å²) in [4.78, 5) is 24.5. The maximum Gasteiger partial charge on any atom is 0.330 e. The minimum atomic E-state index is -1.35. The van der Waals surface area contributed by atoms with Crippen LogP contribution in [0.3, 0.4) is 0 Å². The van der Waals surface area contributed by atoms with Crippen LogP contribution in [-0.2, 0) is 9.47 Å². The molecule has 0 radical (unpaired) electrons. The Kier molecular flexibility index (Phi) is 2.05. The van der Waals surface area contributed by atoms with E-state index >= 15 is 0 Å². The van der Waals surface area contributed by atoms with E-state index in [1.54, 1.807) is 6.92 Å². The van der Waals surface area contributed by atoms with Crippen molar-refractivity contribution >= 4 is 0 Å². The van der Waals surface area contributed by atoms with Crippen molar-refractivity contribution in [3.63, 3.8) is 0 Å². The largest absolute Gasteiger partial charge is 0.342 e. The summed E-state index contributed by atoms with van der Waals surface area (Å²) < 4.78 is 25.6. The van der Waals surface area contributed by atoms with Crippen molar-refractivity contribution in [3.05, 3.63) is 33.1 Å². The third-order valence-electron chi connectivity index (χ3n) is 3.32. The second-order valence-corrected chi connectivity index (χ2v) is 4.36. The number of epoxide rings is 1. The number of alkyl halides is 1. The lowest BCUT2D eigenvalue weighted by atomic mass is 10.0. The van der Waals surface area contributed by atoms with Gasteiger partial charge in [-0.05, 0) is 0 Å². The topological polar surface area (TPSA) is 76.6 Å². The van der Waals surface area contributed by atoms with E-state index in [4.69, 9.17) is 9.47 Å². The van der Waals surface area contributed by atoms with E-state index < -0.39 is 35.4 Å². The molecule has 0 unspecified atom stereocenters. The summed E-state index contributed by atoms with van der Waals surface area (Å²) in [6, 6.07) is 1.15. The highest BCUT2D eigenvalue weighted by molar-refractivity contribution is 5.00. The Hall–Kier alpha value is -1.47. The molecule has 0 saturated carbocycles. The fourth-order valence-corrected chi connectivity index (χ4v) is 2.11. The van der Waals surface area contributed by atoms with Gasteiger partial charge >= 0.3 is 5.69 Å². The molecule has 0 bridgehead atoms. The van der Waals surface area contributed by atoms with Gasteiger partial charge < -0.3 is 9.47 Å². The molecule has 3 rings (SSSR count). The smallest absolute Gasteiger partial charge is 0.330 e. The monoisotopic (exact) mass is 242 g/mol. The zero-order valence-electron chi connectivity index (χ0n) is 9.05. The van der Waals surface area contributed by atoms with Crippen LogP contribution in [0.25, 0.3) is 0 Å². The van der Waals surface area contributed by atoms with Crippen LogP contribution in [0.4, 0.5) is 4.39 Å². The number of H-pyrrole nitrogens is 1. The van der Waals surface area contributed by atoms with Gasteiger partial charge in [0.25, 0.3) is 5.56 Å². The van der Waals surface area contributed by atoms with Gasteiger partial charge in [0.05, 0.1) is 0 Å². The standard InChI is InChI=1S/C10H11FN2O4/c1-5-7(11)8(17-10(5)4-16-10)13-3-2-6(14)12-9(13)15/h2-3,5,7-8H,4H2,1H3,(H,12,14,15)/t5-,7+,8+,10-/m0/s1. The SMILES string of the molecule is C[C@H]1[C@@H](F)[C@H](n2ccc(=O)[nH]c2=O)O[C@@]12CO2.